The quantitative estimate of drug-likeness (QED) is 0.540. The monoisotopic (exact) mass is 168 g/mol. The Morgan fingerprint density at radius 1 is 1.67 bits per heavy atom. The molecule has 0 spiro atoms. The third-order valence-corrected chi connectivity index (χ3v) is 2.41. The van der Waals surface area contributed by atoms with E-state index in [0.29, 0.717) is 6.04 Å². The van der Waals surface area contributed by atoms with Gasteiger partial charge >= 0.3 is 0 Å². The van der Waals surface area contributed by atoms with Gasteiger partial charge in [-0.05, 0) is 20.0 Å². The Morgan fingerprint density at radius 2 is 2.58 bits per heavy atom. The summed E-state index contributed by atoms with van der Waals surface area (Å²) in [6.45, 7) is 4.25. The summed E-state index contributed by atoms with van der Waals surface area (Å²) < 4.78 is 0. The van der Waals surface area contributed by atoms with E-state index in [4.69, 9.17) is 0 Å². The highest BCUT2D eigenvalue weighted by molar-refractivity contribution is 5.81. The van der Waals surface area contributed by atoms with Crippen LogP contribution in [0.3, 0.4) is 0 Å². The first-order valence-corrected chi connectivity index (χ1v) is 4.58. The fourth-order valence-electron chi connectivity index (χ4n) is 1.74. The van der Waals surface area contributed by atoms with Crippen LogP contribution in [0.1, 0.15) is 6.42 Å². The molecule has 0 aromatic carbocycles. The van der Waals surface area contributed by atoms with Gasteiger partial charge < -0.3 is 15.5 Å². The first kappa shape index (κ1) is 7.86. The lowest BCUT2D eigenvalue weighted by Crippen LogP contribution is -2.42. The summed E-state index contributed by atoms with van der Waals surface area (Å²) in [5.74, 6) is 0.996. The lowest BCUT2D eigenvalue weighted by molar-refractivity contribution is 0.407. The molecule has 2 aliphatic heterocycles. The van der Waals surface area contributed by atoms with Crippen LogP contribution in [-0.4, -0.2) is 50.1 Å². The number of nitrogens with zero attached hydrogens (tertiary/aromatic N) is 2. The lowest BCUT2D eigenvalue weighted by Gasteiger charge is -2.13. The molecule has 4 heteroatoms. The van der Waals surface area contributed by atoms with Crippen molar-refractivity contribution in [2.45, 2.75) is 12.5 Å². The van der Waals surface area contributed by atoms with Gasteiger partial charge in [0.2, 0.25) is 0 Å². The normalized spacial score (nSPS) is 30.1. The van der Waals surface area contributed by atoms with Crippen LogP contribution in [0.25, 0.3) is 0 Å². The Labute approximate surface area is 73.0 Å². The van der Waals surface area contributed by atoms with Gasteiger partial charge in [0.15, 0.2) is 5.96 Å². The zero-order valence-electron chi connectivity index (χ0n) is 7.51. The molecule has 0 saturated carbocycles. The molecule has 2 rings (SSSR count). The predicted octanol–water partition coefficient (Wildman–Crippen LogP) is -0.761. The van der Waals surface area contributed by atoms with E-state index in [-0.39, 0.29) is 0 Å². The molecular formula is C8H16N4. The maximum Gasteiger partial charge on any atom is 0.191 e. The molecule has 0 aliphatic carbocycles. The van der Waals surface area contributed by atoms with E-state index in [1.165, 1.54) is 13.0 Å². The van der Waals surface area contributed by atoms with Crippen LogP contribution in [0.15, 0.2) is 4.99 Å². The first-order chi connectivity index (χ1) is 5.84. The highest BCUT2D eigenvalue weighted by Crippen LogP contribution is 2.05. The molecule has 1 saturated heterocycles. The summed E-state index contributed by atoms with van der Waals surface area (Å²) in [6, 6.07) is 0.597. The second-order valence-electron chi connectivity index (χ2n) is 3.55. The summed E-state index contributed by atoms with van der Waals surface area (Å²) >= 11 is 0. The van der Waals surface area contributed by atoms with Crippen molar-refractivity contribution in [3.63, 3.8) is 0 Å². The molecule has 68 valence electrons. The summed E-state index contributed by atoms with van der Waals surface area (Å²) in [6.07, 6.45) is 1.23. The fourth-order valence-corrected chi connectivity index (χ4v) is 1.74. The minimum Gasteiger partial charge on any atom is -0.355 e. The van der Waals surface area contributed by atoms with Gasteiger partial charge in [-0.15, -0.1) is 0 Å². The number of hydrogen-bond acceptors (Lipinski definition) is 4. The van der Waals surface area contributed by atoms with Gasteiger partial charge in [0, 0.05) is 19.1 Å². The van der Waals surface area contributed by atoms with Crippen molar-refractivity contribution in [1.29, 1.82) is 0 Å². The van der Waals surface area contributed by atoms with E-state index in [1.54, 1.807) is 0 Å². The molecule has 0 bridgehead atoms. The summed E-state index contributed by atoms with van der Waals surface area (Å²) in [5.41, 5.74) is 0. The number of aliphatic imine (C=N–C) groups is 1. The summed E-state index contributed by atoms with van der Waals surface area (Å²) in [4.78, 5) is 6.64. The van der Waals surface area contributed by atoms with Crippen LogP contribution in [0.4, 0.5) is 0 Å². The van der Waals surface area contributed by atoms with E-state index >= 15 is 0 Å². The number of rotatable bonds is 1. The highest BCUT2D eigenvalue weighted by Gasteiger charge is 2.20. The van der Waals surface area contributed by atoms with Crippen molar-refractivity contribution < 1.29 is 0 Å². The summed E-state index contributed by atoms with van der Waals surface area (Å²) in [7, 11) is 2.16. The molecule has 0 amide bonds. The zero-order chi connectivity index (χ0) is 8.39. The van der Waals surface area contributed by atoms with Crippen LogP contribution in [0, 0.1) is 0 Å². The molecule has 4 nitrogen and oxygen atoms in total. The smallest absolute Gasteiger partial charge is 0.191 e. The molecule has 2 N–H and O–H groups in total. The number of nitrogens with one attached hydrogen (secondary N) is 2. The van der Waals surface area contributed by atoms with Crippen LogP contribution in [-0.2, 0) is 0 Å². The van der Waals surface area contributed by atoms with Gasteiger partial charge in [0.25, 0.3) is 0 Å². The van der Waals surface area contributed by atoms with Gasteiger partial charge in [-0.3, -0.25) is 4.99 Å². The first-order valence-electron chi connectivity index (χ1n) is 4.58. The Balaban J connectivity index is 1.79. The summed E-state index contributed by atoms with van der Waals surface area (Å²) in [5, 5.41) is 6.62. The number of hydrogen-bond donors (Lipinski definition) is 2. The van der Waals surface area contributed by atoms with E-state index in [9.17, 15) is 0 Å². The second-order valence-corrected chi connectivity index (χ2v) is 3.55. The van der Waals surface area contributed by atoms with E-state index in [0.717, 1.165) is 25.6 Å². The van der Waals surface area contributed by atoms with Gasteiger partial charge in [-0.1, -0.05) is 0 Å². The molecule has 0 aromatic heterocycles. The molecule has 1 fully saturated rings. The predicted molar refractivity (Wildman–Crippen MR) is 49.3 cm³/mol. The highest BCUT2D eigenvalue weighted by atomic mass is 15.3. The number of likely N-dealkylation sites (N-methyl/N-ethyl adjacent to an activating group) is 1. The molecule has 0 radical (unpaired) electrons. The third-order valence-electron chi connectivity index (χ3n) is 2.41. The van der Waals surface area contributed by atoms with Crippen molar-refractivity contribution >= 4 is 5.96 Å². The Bertz CT molecular complexity index is 189. The SMILES string of the molecule is CN1CC[C@@H](NC2=NCCN2)C1. The maximum absolute atomic E-state index is 4.30. The molecule has 12 heavy (non-hydrogen) atoms. The Morgan fingerprint density at radius 3 is 3.17 bits per heavy atom. The minimum absolute atomic E-state index is 0.597. The molecule has 0 unspecified atom stereocenters. The minimum atomic E-state index is 0.597. The largest absolute Gasteiger partial charge is 0.355 e. The van der Waals surface area contributed by atoms with Gasteiger partial charge in [-0.25, -0.2) is 0 Å². The topological polar surface area (TPSA) is 39.7 Å². The van der Waals surface area contributed by atoms with E-state index in [2.05, 4.69) is 27.6 Å². The van der Waals surface area contributed by atoms with Crippen molar-refractivity contribution in [3.05, 3.63) is 0 Å². The van der Waals surface area contributed by atoms with E-state index in [1.807, 2.05) is 0 Å². The average Bonchev–Trinajstić information content (AvgIpc) is 2.63. The second kappa shape index (κ2) is 3.31. The van der Waals surface area contributed by atoms with Gasteiger partial charge in [-0.2, -0.15) is 0 Å². The molecule has 1 atom stereocenters. The van der Waals surface area contributed by atoms with Gasteiger partial charge in [0.05, 0.1) is 6.54 Å². The Kier molecular flexibility index (Phi) is 2.17. The molecule has 2 aliphatic rings. The standard InChI is InChI=1S/C8H16N4/c1-12-5-2-7(6-12)11-8-9-3-4-10-8/h7H,2-6H2,1H3,(H2,9,10,11)/t7-/m1/s1. The Hall–Kier alpha value is -0.770. The molecule has 2 heterocycles. The van der Waals surface area contributed by atoms with Crippen LogP contribution in [0.2, 0.25) is 0 Å². The zero-order valence-corrected chi connectivity index (χ0v) is 7.51. The van der Waals surface area contributed by atoms with Crippen molar-refractivity contribution in [1.82, 2.24) is 15.5 Å². The van der Waals surface area contributed by atoms with Crippen LogP contribution >= 0.6 is 0 Å². The number of guanidine groups is 1. The van der Waals surface area contributed by atoms with Crippen molar-refractivity contribution in [3.8, 4) is 0 Å². The fraction of sp³-hybridized carbons (Fsp3) is 0.875. The van der Waals surface area contributed by atoms with Gasteiger partial charge in [0.1, 0.15) is 0 Å². The maximum atomic E-state index is 4.30. The average molecular weight is 168 g/mol. The van der Waals surface area contributed by atoms with E-state index < -0.39 is 0 Å². The number of likely N-dealkylation sites (tertiary alicyclic amines) is 1. The van der Waals surface area contributed by atoms with Crippen molar-refractivity contribution in [2.75, 3.05) is 33.2 Å². The van der Waals surface area contributed by atoms with Crippen LogP contribution in [0.5, 0.6) is 0 Å². The third kappa shape index (κ3) is 1.69. The molecular weight excluding hydrogens is 152 g/mol. The van der Waals surface area contributed by atoms with Crippen molar-refractivity contribution in [2.24, 2.45) is 4.99 Å². The molecule has 0 aromatic rings. The van der Waals surface area contributed by atoms with Crippen LogP contribution < -0.4 is 10.6 Å². The lowest BCUT2D eigenvalue weighted by atomic mass is 10.3.